The highest BCUT2D eigenvalue weighted by Gasteiger charge is 2.19. The molecule has 0 aliphatic carbocycles. The number of nitrogens with zero attached hydrogens (tertiary/aromatic N) is 2. The van der Waals surface area contributed by atoms with Crippen LogP contribution in [0.25, 0.3) is 0 Å². The Kier molecular flexibility index (Phi) is 5.05. The van der Waals surface area contributed by atoms with Crippen molar-refractivity contribution in [1.82, 2.24) is 9.55 Å². The van der Waals surface area contributed by atoms with Gasteiger partial charge in [-0.25, -0.2) is 9.78 Å². The Morgan fingerprint density at radius 3 is 2.71 bits per heavy atom. The number of carbonyl (C=O) groups excluding carboxylic acids is 1. The van der Waals surface area contributed by atoms with Crippen LogP contribution in [0.4, 0.5) is 5.69 Å². The van der Waals surface area contributed by atoms with Crippen LogP contribution in [0.5, 0.6) is 0 Å². The molecule has 2 aromatic rings. The van der Waals surface area contributed by atoms with Crippen molar-refractivity contribution in [3.63, 3.8) is 0 Å². The van der Waals surface area contributed by atoms with Gasteiger partial charge in [-0.1, -0.05) is 15.9 Å². The smallest absolute Gasteiger partial charge is 0.340 e. The van der Waals surface area contributed by atoms with E-state index in [4.69, 9.17) is 4.74 Å². The van der Waals surface area contributed by atoms with E-state index in [1.807, 2.05) is 30.8 Å². The van der Waals surface area contributed by atoms with E-state index in [0.29, 0.717) is 11.3 Å². The number of benzene rings is 1. The number of halogens is 2. The summed E-state index contributed by atoms with van der Waals surface area (Å²) in [5.41, 5.74) is 1.14. The lowest BCUT2D eigenvalue weighted by molar-refractivity contribution is 0.0601. The van der Waals surface area contributed by atoms with Crippen molar-refractivity contribution in [2.24, 2.45) is 7.05 Å². The molecule has 0 radical (unpaired) electrons. The molecular weight excluding hydrogens is 402 g/mol. The molecule has 0 saturated carbocycles. The first-order valence-corrected chi connectivity index (χ1v) is 7.83. The number of carbonyl (C=O) groups is 1. The molecule has 0 bridgehead atoms. The summed E-state index contributed by atoms with van der Waals surface area (Å²) < 4.78 is 8.35. The van der Waals surface area contributed by atoms with Crippen LogP contribution in [0.15, 0.2) is 33.5 Å². The zero-order chi connectivity index (χ0) is 15.6. The van der Waals surface area contributed by atoms with Crippen LogP contribution in [-0.4, -0.2) is 22.6 Å². The Balaban J connectivity index is 2.39. The molecule has 5 nitrogen and oxygen atoms in total. The molecule has 0 amide bonds. The number of anilines is 1. The third-order valence-electron chi connectivity index (χ3n) is 3.07. The van der Waals surface area contributed by atoms with Crippen LogP contribution >= 0.6 is 31.9 Å². The number of aromatic nitrogens is 2. The molecule has 1 aromatic carbocycles. The van der Waals surface area contributed by atoms with Crippen LogP contribution in [0.1, 0.15) is 29.1 Å². The highest BCUT2D eigenvalue weighted by molar-refractivity contribution is 9.11. The zero-order valence-electron chi connectivity index (χ0n) is 11.9. The molecule has 1 heterocycles. The van der Waals surface area contributed by atoms with Gasteiger partial charge >= 0.3 is 5.97 Å². The number of methoxy groups -OCH3 is 1. The monoisotopic (exact) mass is 415 g/mol. The number of esters is 1. The highest BCUT2D eigenvalue weighted by atomic mass is 79.9. The number of aryl methyl sites for hydroxylation is 1. The zero-order valence-corrected chi connectivity index (χ0v) is 15.0. The summed E-state index contributed by atoms with van der Waals surface area (Å²) in [6.07, 6.45) is 3.62. The fraction of sp³-hybridized carbons (Fsp3) is 0.286. The number of rotatable bonds is 4. The molecular formula is C14H15Br2N3O2. The molecule has 112 valence electrons. The fourth-order valence-corrected chi connectivity index (χ4v) is 3.41. The molecule has 0 aliphatic heterocycles. The third kappa shape index (κ3) is 3.47. The molecule has 1 atom stereocenters. The van der Waals surface area contributed by atoms with Gasteiger partial charge in [-0.15, -0.1) is 0 Å². The summed E-state index contributed by atoms with van der Waals surface area (Å²) in [5, 5.41) is 3.31. The maximum Gasteiger partial charge on any atom is 0.340 e. The number of ether oxygens (including phenoxy) is 1. The van der Waals surface area contributed by atoms with Crippen molar-refractivity contribution in [3.8, 4) is 0 Å². The second-order valence-electron chi connectivity index (χ2n) is 4.56. The summed E-state index contributed by atoms with van der Waals surface area (Å²) in [7, 11) is 3.29. The molecule has 21 heavy (non-hydrogen) atoms. The third-order valence-corrected chi connectivity index (χ3v) is 4.15. The largest absolute Gasteiger partial charge is 0.465 e. The van der Waals surface area contributed by atoms with Gasteiger partial charge in [0.1, 0.15) is 5.82 Å². The molecule has 0 spiro atoms. The van der Waals surface area contributed by atoms with Gasteiger partial charge in [-0.05, 0) is 35.0 Å². The molecule has 7 heteroatoms. The lowest BCUT2D eigenvalue weighted by Crippen LogP contribution is -2.15. The summed E-state index contributed by atoms with van der Waals surface area (Å²) in [4.78, 5) is 16.3. The minimum Gasteiger partial charge on any atom is -0.465 e. The van der Waals surface area contributed by atoms with Gasteiger partial charge in [0, 0.05) is 28.4 Å². The number of hydrogen-bond donors (Lipinski definition) is 1. The molecule has 1 aromatic heterocycles. The average Bonchev–Trinajstić information content (AvgIpc) is 2.86. The van der Waals surface area contributed by atoms with Crippen LogP contribution < -0.4 is 5.32 Å². The van der Waals surface area contributed by atoms with E-state index in [1.165, 1.54) is 7.11 Å². The van der Waals surface area contributed by atoms with Crippen molar-refractivity contribution in [3.05, 3.63) is 44.9 Å². The standard InChI is InChI=1S/C14H15Br2N3O2/c1-8(13-17-4-5-19(13)2)18-12-10(14(20)21-3)6-9(15)7-11(12)16/h4-8,18H,1-3H3. The number of imidazole rings is 1. The van der Waals surface area contributed by atoms with Gasteiger partial charge in [0.25, 0.3) is 0 Å². The number of hydrogen-bond acceptors (Lipinski definition) is 4. The predicted octanol–water partition coefficient (Wildman–Crippen LogP) is 3.90. The van der Waals surface area contributed by atoms with E-state index in [1.54, 1.807) is 12.3 Å². The van der Waals surface area contributed by atoms with E-state index in [9.17, 15) is 4.79 Å². The Morgan fingerprint density at radius 2 is 2.14 bits per heavy atom. The second kappa shape index (κ2) is 6.62. The van der Waals surface area contributed by atoms with Gasteiger partial charge < -0.3 is 14.6 Å². The number of nitrogens with one attached hydrogen (secondary N) is 1. The van der Waals surface area contributed by atoms with E-state index in [2.05, 4.69) is 42.2 Å². The van der Waals surface area contributed by atoms with Crippen molar-refractivity contribution >= 4 is 43.5 Å². The van der Waals surface area contributed by atoms with Crippen LogP contribution in [0, 0.1) is 0 Å². The minimum absolute atomic E-state index is 0.0640. The van der Waals surface area contributed by atoms with E-state index in [0.717, 1.165) is 14.8 Å². The fourth-order valence-electron chi connectivity index (χ4n) is 2.07. The Morgan fingerprint density at radius 1 is 1.43 bits per heavy atom. The van der Waals surface area contributed by atoms with E-state index in [-0.39, 0.29) is 6.04 Å². The first-order valence-electron chi connectivity index (χ1n) is 6.25. The maximum absolute atomic E-state index is 11.9. The lowest BCUT2D eigenvalue weighted by Gasteiger charge is -2.19. The lowest BCUT2D eigenvalue weighted by atomic mass is 10.1. The summed E-state index contributed by atoms with van der Waals surface area (Å²) in [6, 6.07) is 3.54. The van der Waals surface area contributed by atoms with Crippen LogP contribution in [0.2, 0.25) is 0 Å². The quantitative estimate of drug-likeness (QED) is 0.767. The Hall–Kier alpha value is -1.34. The average molecular weight is 417 g/mol. The van der Waals surface area contributed by atoms with Gasteiger partial charge in [0.15, 0.2) is 0 Å². The van der Waals surface area contributed by atoms with Gasteiger partial charge in [-0.2, -0.15) is 0 Å². The first-order chi connectivity index (χ1) is 9.93. The summed E-state index contributed by atoms with van der Waals surface area (Å²) >= 11 is 6.86. The van der Waals surface area contributed by atoms with Crippen molar-refractivity contribution in [1.29, 1.82) is 0 Å². The SMILES string of the molecule is COC(=O)c1cc(Br)cc(Br)c1NC(C)c1nccn1C. The summed E-state index contributed by atoms with van der Waals surface area (Å²) in [5.74, 6) is 0.479. The van der Waals surface area contributed by atoms with Crippen molar-refractivity contribution in [2.75, 3.05) is 12.4 Å². The van der Waals surface area contributed by atoms with Gasteiger partial charge in [0.05, 0.1) is 24.4 Å². The molecule has 1 unspecified atom stereocenters. The molecule has 2 rings (SSSR count). The maximum atomic E-state index is 11.9. The van der Waals surface area contributed by atoms with Crippen molar-refractivity contribution < 1.29 is 9.53 Å². The minimum atomic E-state index is -0.397. The van der Waals surface area contributed by atoms with Crippen molar-refractivity contribution in [2.45, 2.75) is 13.0 Å². The molecule has 0 saturated heterocycles. The van der Waals surface area contributed by atoms with Gasteiger partial charge in [0.2, 0.25) is 0 Å². The van der Waals surface area contributed by atoms with Crippen LogP contribution in [-0.2, 0) is 11.8 Å². The molecule has 0 aliphatic rings. The first kappa shape index (κ1) is 16.0. The highest BCUT2D eigenvalue weighted by Crippen LogP contribution is 2.33. The Labute approximate surface area is 140 Å². The predicted molar refractivity (Wildman–Crippen MR) is 88.4 cm³/mol. The van der Waals surface area contributed by atoms with E-state index < -0.39 is 5.97 Å². The molecule has 0 fully saturated rings. The summed E-state index contributed by atoms with van der Waals surface area (Å²) in [6.45, 7) is 1.98. The molecule has 1 N–H and O–H groups in total. The van der Waals surface area contributed by atoms with E-state index >= 15 is 0 Å². The Bertz CT molecular complexity index is 670. The van der Waals surface area contributed by atoms with Crippen LogP contribution in [0.3, 0.4) is 0 Å². The normalized spacial score (nSPS) is 12.0. The van der Waals surface area contributed by atoms with Gasteiger partial charge in [-0.3, -0.25) is 0 Å². The second-order valence-corrected chi connectivity index (χ2v) is 6.33. The topological polar surface area (TPSA) is 56.1 Å².